The van der Waals surface area contributed by atoms with Gasteiger partial charge in [-0.3, -0.25) is 0 Å². The fraction of sp³-hybridized carbons (Fsp3) is 0.647. The van der Waals surface area contributed by atoms with E-state index in [4.69, 9.17) is 4.74 Å². The molecule has 1 rings (SSSR count). The van der Waals surface area contributed by atoms with E-state index in [1.165, 1.54) is 11.1 Å². The van der Waals surface area contributed by atoms with Crippen molar-refractivity contribution in [3.8, 4) is 0 Å². The van der Waals surface area contributed by atoms with Gasteiger partial charge in [-0.2, -0.15) is 0 Å². The lowest BCUT2D eigenvalue weighted by Gasteiger charge is -2.24. The van der Waals surface area contributed by atoms with Gasteiger partial charge in [-0.05, 0) is 58.2 Å². The molecule has 0 bridgehead atoms. The number of rotatable bonds is 6. The summed E-state index contributed by atoms with van der Waals surface area (Å²) in [6.07, 6.45) is 1.01. The summed E-state index contributed by atoms with van der Waals surface area (Å²) >= 11 is 3.65. The molecule has 0 fully saturated rings. The van der Waals surface area contributed by atoms with Crippen molar-refractivity contribution in [2.75, 3.05) is 0 Å². The van der Waals surface area contributed by atoms with Gasteiger partial charge in [-0.1, -0.05) is 35.0 Å². The Bertz CT molecular complexity index is 435. The van der Waals surface area contributed by atoms with Crippen molar-refractivity contribution in [2.24, 2.45) is 0 Å². The van der Waals surface area contributed by atoms with Gasteiger partial charge in [0.15, 0.2) is 0 Å². The van der Waals surface area contributed by atoms with Crippen LogP contribution in [0.4, 0.5) is 0 Å². The van der Waals surface area contributed by atoms with Crippen LogP contribution in [0.5, 0.6) is 0 Å². The molecule has 0 spiro atoms. The molecule has 114 valence electrons. The van der Waals surface area contributed by atoms with Crippen LogP contribution >= 0.6 is 15.9 Å². The third-order valence-electron chi connectivity index (χ3n) is 3.41. The van der Waals surface area contributed by atoms with E-state index in [-0.39, 0.29) is 11.1 Å². The molecule has 0 aliphatic rings. The van der Waals surface area contributed by atoms with Crippen LogP contribution in [0.2, 0.25) is 0 Å². The standard InChI is InChI=1S/C17H28BrNO/c1-7-17(5,6)20-12-14-9-8-13(10-15(14)18)11-19-16(2,3)4/h8-10,19H,7,11-12H2,1-6H3. The Morgan fingerprint density at radius 3 is 2.30 bits per heavy atom. The summed E-state index contributed by atoms with van der Waals surface area (Å²) in [4.78, 5) is 0. The number of ether oxygens (including phenoxy) is 1. The summed E-state index contributed by atoms with van der Waals surface area (Å²) in [5.41, 5.74) is 2.56. The van der Waals surface area contributed by atoms with E-state index >= 15 is 0 Å². The van der Waals surface area contributed by atoms with Crippen LogP contribution < -0.4 is 5.32 Å². The number of hydrogen-bond donors (Lipinski definition) is 1. The van der Waals surface area contributed by atoms with Crippen molar-refractivity contribution in [3.05, 3.63) is 33.8 Å². The third-order valence-corrected chi connectivity index (χ3v) is 4.15. The second-order valence-electron chi connectivity index (χ2n) is 6.93. The highest BCUT2D eigenvalue weighted by molar-refractivity contribution is 9.10. The van der Waals surface area contributed by atoms with E-state index in [2.05, 4.69) is 81.0 Å². The van der Waals surface area contributed by atoms with Gasteiger partial charge < -0.3 is 10.1 Å². The van der Waals surface area contributed by atoms with Crippen molar-refractivity contribution in [3.63, 3.8) is 0 Å². The normalized spacial score (nSPS) is 12.8. The Morgan fingerprint density at radius 1 is 1.15 bits per heavy atom. The summed E-state index contributed by atoms with van der Waals surface area (Å²) in [6, 6.07) is 6.49. The molecule has 1 N–H and O–H groups in total. The lowest BCUT2D eigenvalue weighted by molar-refractivity contribution is -0.0318. The van der Waals surface area contributed by atoms with Crippen LogP contribution in [0.15, 0.2) is 22.7 Å². The van der Waals surface area contributed by atoms with E-state index in [1.807, 2.05) is 0 Å². The van der Waals surface area contributed by atoms with E-state index in [9.17, 15) is 0 Å². The van der Waals surface area contributed by atoms with Gasteiger partial charge in [-0.25, -0.2) is 0 Å². The second-order valence-corrected chi connectivity index (χ2v) is 7.79. The van der Waals surface area contributed by atoms with Gasteiger partial charge in [0.25, 0.3) is 0 Å². The predicted molar refractivity (Wildman–Crippen MR) is 89.9 cm³/mol. The SMILES string of the molecule is CCC(C)(C)OCc1ccc(CNC(C)(C)C)cc1Br. The number of hydrogen-bond acceptors (Lipinski definition) is 2. The Morgan fingerprint density at radius 2 is 1.80 bits per heavy atom. The molecule has 0 saturated heterocycles. The zero-order valence-corrected chi connectivity index (χ0v) is 15.2. The van der Waals surface area contributed by atoms with Gasteiger partial charge in [0.2, 0.25) is 0 Å². The van der Waals surface area contributed by atoms with E-state index in [0.29, 0.717) is 6.61 Å². The van der Waals surface area contributed by atoms with Crippen LogP contribution in [-0.2, 0) is 17.9 Å². The number of nitrogens with one attached hydrogen (secondary N) is 1. The summed E-state index contributed by atoms with van der Waals surface area (Å²) in [5, 5.41) is 3.50. The topological polar surface area (TPSA) is 21.3 Å². The van der Waals surface area contributed by atoms with E-state index in [1.54, 1.807) is 0 Å². The van der Waals surface area contributed by atoms with Crippen LogP contribution in [0, 0.1) is 0 Å². The Labute approximate surface area is 132 Å². The van der Waals surface area contributed by atoms with Gasteiger partial charge in [0.1, 0.15) is 0 Å². The van der Waals surface area contributed by atoms with Crippen molar-refractivity contribution in [2.45, 2.75) is 72.3 Å². The summed E-state index contributed by atoms with van der Waals surface area (Å²) in [7, 11) is 0. The van der Waals surface area contributed by atoms with Gasteiger partial charge in [-0.15, -0.1) is 0 Å². The monoisotopic (exact) mass is 341 g/mol. The maximum absolute atomic E-state index is 5.95. The molecule has 0 aliphatic carbocycles. The Kier molecular flexibility index (Phi) is 6.24. The molecule has 1 aromatic carbocycles. The Balaban J connectivity index is 2.64. The van der Waals surface area contributed by atoms with Gasteiger partial charge in [0, 0.05) is 16.6 Å². The lowest BCUT2D eigenvalue weighted by Crippen LogP contribution is -2.35. The molecule has 1 aromatic rings. The second kappa shape index (κ2) is 7.06. The number of halogens is 1. The molecule has 20 heavy (non-hydrogen) atoms. The molecule has 0 saturated carbocycles. The van der Waals surface area contributed by atoms with Crippen LogP contribution in [0.1, 0.15) is 59.1 Å². The van der Waals surface area contributed by atoms with Crippen molar-refractivity contribution < 1.29 is 4.74 Å². The first-order valence-corrected chi connectivity index (χ1v) is 8.08. The number of benzene rings is 1. The van der Waals surface area contributed by atoms with E-state index in [0.717, 1.165) is 17.4 Å². The van der Waals surface area contributed by atoms with E-state index < -0.39 is 0 Å². The molecule has 0 amide bonds. The minimum atomic E-state index is -0.0636. The van der Waals surface area contributed by atoms with Crippen molar-refractivity contribution in [1.82, 2.24) is 5.32 Å². The summed E-state index contributed by atoms with van der Waals surface area (Å²) < 4.78 is 7.08. The van der Waals surface area contributed by atoms with Crippen LogP contribution in [0.25, 0.3) is 0 Å². The molecule has 2 nitrogen and oxygen atoms in total. The maximum Gasteiger partial charge on any atom is 0.0735 e. The molecule has 0 unspecified atom stereocenters. The highest BCUT2D eigenvalue weighted by atomic mass is 79.9. The zero-order chi connectivity index (χ0) is 15.4. The smallest absolute Gasteiger partial charge is 0.0735 e. The average molecular weight is 342 g/mol. The van der Waals surface area contributed by atoms with Gasteiger partial charge >= 0.3 is 0 Å². The fourth-order valence-corrected chi connectivity index (χ4v) is 2.10. The molecular formula is C17H28BrNO. The largest absolute Gasteiger partial charge is 0.371 e. The molecular weight excluding hydrogens is 314 g/mol. The first kappa shape index (κ1) is 17.7. The minimum absolute atomic E-state index is 0.0636. The Hall–Kier alpha value is -0.380. The van der Waals surface area contributed by atoms with Crippen molar-refractivity contribution >= 4 is 15.9 Å². The molecule has 0 radical (unpaired) electrons. The zero-order valence-electron chi connectivity index (χ0n) is 13.6. The summed E-state index contributed by atoms with van der Waals surface area (Å²) in [6.45, 7) is 14.5. The molecule has 3 heteroatoms. The minimum Gasteiger partial charge on any atom is -0.371 e. The predicted octanol–water partition coefficient (Wildman–Crippen LogP) is 5.04. The molecule has 0 aliphatic heterocycles. The quantitative estimate of drug-likeness (QED) is 0.782. The highest BCUT2D eigenvalue weighted by Crippen LogP contribution is 2.23. The fourth-order valence-electron chi connectivity index (χ4n) is 1.56. The first-order chi connectivity index (χ1) is 9.13. The summed E-state index contributed by atoms with van der Waals surface area (Å²) in [5.74, 6) is 0. The highest BCUT2D eigenvalue weighted by Gasteiger charge is 2.16. The molecule has 0 aromatic heterocycles. The lowest BCUT2D eigenvalue weighted by atomic mass is 10.1. The van der Waals surface area contributed by atoms with Crippen LogP contribution in [-0.4, -0.2) is 11.1 Å². The first-order valence-electron chi connectivity index (χ1n) is 7.29. The molecule has 0 atom stereocenters. The van der Waals surface area contributed by atoms with Crippen LogP contribution in [0.3, 0.4) is 0 Å². The van der Waals surface area contributed by atoms with Gasteiger partial charge in [0.05, 0.1) is 12.2 Å². The van der Waals surface area contributed by atoms with Crippen molar-refractivity contribution in [1.29, 1.82) is 0 Å². The molecule has 0 heterocycles. The average Bonchev–Trinajstić information content (AvgIpc) is 2.34. The third kappa shape index (κ3) is 6.38. The maximum atomic E-state index is 5.95.